The SMILES string of the molecule is Cl.O=C1CC(C(=O)NCC2CNCC2O)c2ccc(F)cc2N1. The van der Waals surface area contributed by atoms with E-state index in [0.717, 1.165) is 0 Å². The maximum Gasteiger partial charge on any atom is 0.228 e. The second-order valence-corrected chi connectivity index (χ2v) is 5.77. The molecule has 6 nitrogen and oxygen atoms in total. The average molecular weight is 344 g/mol. The largest absolute Gasteiger partial charge is 0.391 e. The Bertz CT molecular complexity index is 614. The molecule has 3 rings (SSSR count). The van der Waals surface area contributed by atoms with E-state index in [-0.39, 0.29) is 36.6 Å². The third-order valence-electron chi connectivity index (χ3n) is 4.21. The molecule has 0 saturated carbocycles. The summed E-state index contributed by atoms with van der Waals surface area (Å²) in [4.78, 5) is 24.1. The molecule has 2 heterocycles. The zero-order valence-electron chi connectivity index (χ0n) is 12.3. The van der Waals surface area contributed by atoms with E-state index in [1.807, 2.05) is 0 Å². The van der Waals surface area contributed by atoms with E-state index < -0.39 is 17.8 Å². The quantitative estimate of drug-likeness (QED) is 0.638. The molecule has 1 aromatic rings. The summed E-state index contributed by atoms with van der Waals surface area (Å²) in [5, 5.41) is 18.1. The fraction of sp³-hybridized carbons (Fsp3) is 0.467. The van der Waals surface area contributed by atoms with Gasteiger partial charge in [-0.25, -0.2) is 4.39 Å². The molecule has 8 heteroatoms. The zero-order valence-corrected chi connectivity index (χ0v) is 13.2. The predicted molar refractivity (Wildman–Crippen MR) is 85.0 cm³/mol. The fourth-order valence-corrected chi connectivity index (χ4v) is 2.95. The van der Waals surface area contributed by atoms with Gasteiger partial charge in [0, 0.05) is 37.7 Å². The van der Waals surface area contributed by atoms with Gasteiger partial charge in [0.15, 0.2) is 0 Å². The molecular weight excluding hydrogens is 325 g/mol. The molecule has 0 radical (unpaired) electrons. The van der Waals surface area contributed by atoms with E-state index in [1.165, 1.54) is 18.2 Å². The van der Waals surface area contributed by atoms with Crippen molar-refractivity contribution in [1.29, 1.82) is 0 Å². The summed E-state index contributed by atoms with van der Waals surface area (Å²) in [6, 6.07) is 4.03. The van der Waals surface area contributed by atoms with Crippen molar-refractivity contribution in [1.82, 2.24) is 10.6 Å². The minimum atomic E-state index is -0.629. The van der Waals surface area contributed by atoms with Crippen LogP contribution in [-0.2, 0) is 9.59 Å². The van der Waals surface area contributed by atoms with E-state index in [2.05, 4.69) is 16.0 Å². The molecule has 1 fully saturated rings. The Balaban J connectivity index is 0.00000192. The summed E-state index contributed by atoms with van der Waals surface area (Å²) in [7, 11) is 0. The summed E-state index contributed by atoms with van der Waals surface area (Å²) < 4.78 is 13.3. The highest BCUT2D eigenvalue weighted by atomic mass is 35.5. The van der Waals surface area contributed by atoms with E-state index >= 15 is 0 Å². The van der Waals surface area contributed by atoms with Gasteiger partial charge in [-0.15, -0.1) is 12.4 Å². The van der Waals surface area contributed by atoms with Gasteiger partial charge >= 0.3 is 0 Å². The van der Waals surface area contributed by atoms with E-state index in [0.29, 0.717) is 30.9 Å². The van der Waals surface area contributed by atoms with Gasteiger partial charge in [0.05, 0.1) is 12.0 Å². The fourth-order valence-electron chi connectivity index (χ4n) is 2.95. The number of rotatable bonds is 3. The van der Waals surface area contributed by atoms with E-state index in [1.54, 1.807) is 0 Å². The molecule has 3 unspecified atom stereocenters. The van der Waals surface area contributed by atoms with E-state index in [4.69, 9.17) is 0 Å². The normalized spacial score (nSPS) is 26.0. The Morgan fingerprint density at radius 3 is 2.87 bits per heavy atom. The highest BCUT2D eigenvalue weighted by Crippen LogP contribution is 2.32. The first kappa shape index (κ1) is 17.7. The molecular formula is C15H19ClFN3O3. The number of carbonyl (C=O) groups excluding carboxylic acids is 2. The number of aliphatic hydroxyl groups is 1. The molecule has 0 aromatic heterocycles. The standard InChI is InChI=1S/C15H18FN3O3.ClH/c16-9-1-2-10-11(4-14(21)19-12(10)3-9)15(22)18-6-8-5-17-7-13(8)20;/h1-3,8,11,13,17,20H,4-7H2,(H,18,22)(H,19,21);1H. The van der Waals surface area contributed by atoms with Crippen LogP contribution in [-0.4, -0.2) is 42.7 Å². The van der Waals surface area contributed by atoms with Crippen molar-refractivity contribution in [3.8, 4) is 0 Å². The topological polar surface area (TPSA) is 90.5 Å². The number of aliphatic hydroxyl groups excluding tert-OH is 1. The maximum atomic E-state index is 13.3. The van der Waals surface area contributed by atoms with Gasteiger partial charge in [-0.05, 0) is 17.7 Å². The van der Waals surface area contributed by atoms with Gasteiger partial charge in [-0.3, -0.25) is 9.59 Å². The van der Waals surface area contributed by atoms with Crippen LogP contribution in [0.25, 0.3) is 0 Å². The molecule has 0 aliphatic carbocycles. The lowest BCUT2D eigenvalue weighted by atomic mass is 9.89. The Hall–Kier alpha value is -1.70. The third kappa shape index (κ3) is 3.80. The molecule has 3 atom stereocenters. The van der Waals surface area contributed by atoms with Crippen LogP contribution in [0.3, 0.4) is 0 Å². The highest BCUT2D eigenvalue weighted by molar-refractivity contribution is 6.01. The van der Waals surface area contributed by atoms with Crippen molar-refractivity contribution >= 4 is 29.9 Å². The van der Waals surface area contributed by atoms with Crippen molar-refractivity contribution in [3.63, 3.8) is 0 Å². The molecule has 23 heavy (non-hydrogen) atoms. The minimum Gasteiger partial charge on any atom is -0.391 e. The van der Waals surface area contributed by atoms with Crippen molar-refractivity contribution in [3.05, 3.63) is 29.6 Å². The van der Waals surface area contributed by atoms with Gasteiger partial charge in [0.25, 0.3) is 0 Å². The van der Waals surface area contributed by atoms with Gasteiger partial charge in [0.2, 0.25) is 11.8 Å². The van der Waals surface area contributed by atoms with Crippen molar-refractivity contribution in [2.45, 2.75) is 18.4 Å². The number of amides is 2. The molecule has 2 aliphatic heterocycles. The molecule has 0 bridgehead atoms. The Kier molecular flexibility index (Phi) is 5.56. The van der Waals surface area contributed by atoms with Crippen molar-refractivity contribution in [2.75, 3.05) is 25.0 Å². The average Bonchev–Trinajstić information content (AvgIpc) is 2.88. The van der Waals surface area contributed by atoms with Crippen LogP contribution in [0.1, 0.15) is 17.9 Å². The summed E-state index contributed by atoms with van der Waals surface area (Å²) in [5.41, 5.74) is 0.961. The van der Waals surface area contributed by atoms with Gasteiger partial charge < -0.3 is 21.1 Å². The number of benzene rings is 1. The van der Waals surface area contributed by atoms with Crippen LogP contribution in [0.15, 0.2) is 18.2 Å². The first-order valence-electron chi connectivity index (χ1n) is 7.30. The zero-order chi connectivity index (χ0) is 15.7. The van der Waals surface area contributed by atoms with Gasteiger partial charge in [-0.2, -0.15) is 0 Å². The number of nitrogens with one attached hydrogen (secondary N) is 3. The number of fused-ring (bicyclic) bond motifs is 1. The molecule has 4 N–H and O–H groups in total. The summed E-state index contributed by atoms with van der Waals surface area (Å²) in [6.07, 6.45) is -0.438. The third-order valence-corrected chi connectivity index (χ3v) is 4.21. The second kappa shape index (κ2) is 7.25. The lowest BCUT2D eigenvalue weighted by Gasteiger charge is -2.25. The summed E-state index contributed by atoms with van der Waals surface area (Å²) in [6.45, 7) is 1.52. The van der Waals surface area contributed by atoms with E-state index in [9.17, 15) is 19.1 Å². The molecule has 1 saturated heterocycles. The number of anilines is 1. The first-order chi connectivity index (χ1) is 10.5. The summed E-state index contributed by atoms with van der Waals surface area (Å²) in [5.74, 6) is -1.70. The number of hydrogen-bond acceptors (Lipinski definition) is 4. The van der Waals surface area contributed by atoms with Crippen LogP contribution >= 0.6 is 12.4 Å². The molecule has 126 valence electrons. The number of β-amino-alcohol motifs (C(OH)–C–C–N with tert-alkyl or cyclic N) is 1. The Labute approximate surface area is 139 Å². The monoisotopic (exact) mass is 343 g/mol. The number of carbonyl (C=O) groups is 2. The van der Waals surface area contributed by atoms with Crippen LogP contribution < -0.4 is 16.0 Å². The lowest BCUT2D eigenvalue weighted by molar-refractivity contribution is -0.126. The minimum absolute atomic E-state index is 0. The number of hydrogen-bond donors (Lipinski definition) is 4. The van der Waals surface area contributed by atoms with Gasteiger partial charge in [0.1, 0.15) is 5.82 Å². The molecule has 2 amide bonds. The predicted octanol–water partition coefficient (Wildman–Crippen LogP) is 0.370. The molecule has 0 spiro atoms. The smallest absolute Gasteiger partial charge is 0.228 e. The van der Waals surface area contributed by atoms with Crippen LogP contribution in [0.4, 0.5) is 10.1 Å². The second-order valence-electron chi connectivity index (χ2n) is 5.77. The van der Waals surface area contributed by atoms with Crippen LogP contribution in [0.5, 0.6) is 0 Å². The maximum absolute atomic E-state index is 13.3. The Morgan fingerprint density at radius 2 is 2.17 bits per heavy atom. The first-order valence-corrected chi connectivity index (χ1v) is 7.30. The van der Waals surface area contributed by atoms with Gasteiger partial charge in [-0.1, -0.05) is 6.07 Å². The van der Waals surface area contributed by atoms with Crippen LogP contribution in [0.2, 0.25) is 0 Å². The number of halogens is 2. The molecule has 1 aromatic carbocycles. The highest BCUT2D eigenvalue weighted by Gasteiger charge is 2.32. The summed E-state index contributed by atoms with van der Waals surface area (Å²) >= 11 is 0. The van der Waals surface area contributed by atoms with Crippen LogP contribution in [0, 0.1) is 11.7 Å². The van der Waals surface area contributed by atoms with Crippen molar-refractivity contribution < 1.29 is 19.1 Å². The Morgan fingerprint density at radius 1 is 1.39 bits per heavy atom. The lowest BCUT2D eigenvalue weighted by Crippen LogP contribution is -2.39. The molecule has 2 aliphatic rings. The van der Waals surface area contributed by atoms with Crippen molar-refractivity contribution in [2.24, 2.45) is 5.92 Å².